The second-order valence-electron chi connectivity index (χ2n) is 15.2. The zero-order valence-electron chi connectivity index (χ0n) is 34.5. The molecule has 0 aliphatic carbocycles. The first-order valence-corrected chi connectivity index (χ1v) is 22.2. The number of rotatable bonds is 32. The SMILES string of the molecule is CCCCCCCCCCOc1ccc(-c2ccc(OCCCCCCCOc3ccc(-c4ccc(OCCCCCCCCCC)cc4)cc3)cc2)cc1. The van der Waals surface area contributed by atoms with E-state index in [0.29, 0.717) is 0 Å². The first kappa shape index (κ1) is 43.8. The van der Waals surface area contributed by atoms with Crippen LogP contribution in [0.15, 0.2) is 97.1 Å². The van der Waals surface area contributed by atoms with Gasteiger partial charge in [0.15, 0.2) is 0 Å². The molecule has 0 heterocycles. The summed E-state index contributed by atoms with van der Waals surface area (Å²) >= 11 is 0. The molecule has 4 nitrogen and oxygen atoms in total. The van der Waals surface area contributed by atoms with E-state index in [-0.39, 0.29) is 0 Å². The summed E-state index contributed by atoms with van der Waals surface area (Å²) in [5, 5.41) is 0. The maximum atomic E-state index is 6.03. The second-order valence-corrected chi connectivity index (χ2v) is 15.2. The van der Waals surface area contributed by atoms with Crippen LogP contribution in [0.1, 0.15) is 149 Å². The molecular formula is C51H72O4. The van der Waals surface area contributed by atoms with Gasteiger partial charge in [0.05, 0.1) is 26.4 Å². The minimum atomic E-state index is 0.752. The van der Waals surface area contributed by atoms with Crippen LogP contribution in [0.2, 0.25) is 0 Å². The highest BCUT2D eigenvalue weighted by Crippen LogP contribution is 2.27. The Kier molecular flexibility index (Phi) is 22.7. The molecule has 4 aromatic carbocycles. The Bertz CT molecular complexity index is 1360. The number of hydrogen-bond donors (Lipinski definition) is 0. The van der Waals surface area contributed by atoms with Gasteiger partial charge in [-0.1, -0.05) is 172 Å². The van der Waals surface area contributed by atoms with E-state index in [4.69, 9.17) is 18.9 Å². The predicted molar refractivity (Wildman–Crippen MR) is 234 cm³/mol. The van der Waals surface area contributed by atoms with Crippen molar-refractivity contribution >= 4 is 0 Å². The Morgan fingerprint density at radius 2 is 0.418 bits per heavy atom. The predicted octanol–water partition coefficient (Wildman–Crippen LogP) is 15.5. The van der Waals surface area contributed by atoms with Crippen LogP contribution in [0, 0.1) is 0 Å². The molecule has 0 saturated carbocycles. The van der Waals surface area contributed by atoms with E-state index >= 15 is 0 Å². The van der Waals surface area contributed by atoms with Gasteiger partial charge >= 0.3 is 0 Å². The lowest BCUT2D eigenvalue weighted by Gasteiger charge is -2.10. The zero-order chi connectivity index (χ0) is 38.4. The third kappa shape index (κ3) is 19.0. The Balaban J connectivity index is 0.983. The van der Waals surface area contributed by atoms with E-state index in [9.17, 15) is 0 Å². The minimum absolute atomic E-state index is 0.752. The monoisotopic (exact) mass is 749 g/mol. The van der Waals surface area contributed by atoms with Gasteiger partial charge < -0.3 is 18.9 Å². The fraction of sp³-hybridized carbons (Fsp3) is 0.529. The highest BCUT2D eigenvalue weighted by Gasteiger charge is 2.04. The maximum Gasteiger partial charge on any atom is 0.119 e. The number of benzene rings is 4. The summed E-state index contributed by atoms with van der Waals surface area (Å²) in [4.78, 5) is 0. The van der Waals surface area contributed by atoms with Crippen LogP contribution < -0.4 is 18.9 Å². The summed E-state index contributed by atoms with van der Waals surface area (Å²) in [6.45, 7) is 7.65. The van der Waals surface area contributed by atoms with Crippen molar-refractivity contribution in [1.29, 1.82) is 0 Å². The van der Waals surface area contributed by atoms with E-state index < -0.39 is 0 Å². The molecule has 0 fully saturated rings. The fourth-order valence-electron chi connectivity index (χ4n) is 6.94. The van der Waals surface area contributed by atoms with Gasteiger partial charge in [-0.05, 0) is 96.5 Å². The van der Waals surface area contributed by atoms with E-state index in [1.165, 1.54) is 131 Å². The van der Waals surface area contributed by atoms with Gasteiger partial charge in [0.2, 0.25) is 0 Å². The van der Waals surface area contributed by atoms with Gasteiger partial charge in [-0.2, -0.15) is 0 Å². The van der Waals surface area contributed by atoms with Crippen molar-refractivity contribution < 1.29 is 18.9 Å². The minimum Gasteiger partial charge on any atom is -0.494 e. The van der Waals surface area contributed by atoms with Gasteiger partial charge in [0.25, 0.3) is 0 Å². The molecular weight excluding hydrogens is 677 g/mol. The Morgan fingerprint density at radius 3 is 0.618 bits per heavy atom. The summed E-state index contributed by atoms with van der Waals surface area (Å²) in [5.74, 6) is 3.78. The number of hydrogen-bond acceptors (Lipinski definition) is 4. The molecule has 0 aromatic heterocycles. The largest absolute Gasteiger partial charge is 0.494 e. The molecule has 0 N–H and O–H groups in total. The highest BCUT2D eigenvalue weighted by atomic mass is 16.5. The lowest BCUT2D eigenvalue weighted by atomic mass is 10.1. The molecule has 0 aliphatic heterocycles. The third-order valence-corrected chi connectivity index (χ3v) is 10.4. The van der Waals surface area contributed by atoms with Crippen LogP contribution in [0.3, 0.4) is 0 Å². The van der Waals surface area contributed by atoms with E-state index in [2.05, 4.69) is 111 Å². The van der Waals surface area contributed by atoms with E-state index in [1.54, 1.807) is 0 Å². The van der Waals surface area contributed by atoms with Crippen molar-refractivity contribution in [2.75, 3.05) is 26.4 Å². The molecule has 0 bridgehead atoms. The summed E-state index contributed by atoms with van der Waals surface area (Å²) in [6, 6.07) is 33.8. The summed E-state index contributed by atoms with van der Waals surface area (Å²) in [5.41, 5.74) is 4.78. The normalized spacial score (nSPS) is 11.1. The quantitative estimate of drug-likeness (QED) is 0.0466. The smallest absolute Gasteiger partial charge is 0.119 e. The highest BCUT2D eigenvalue weighted by molar-refractivity contribution is 5.65. The molecule has 0 saturated heterocycles. The van der Waals surface area contributed by atoms with Crippen LogP contribution in [0.5, 0.6) is 23.0 Å². The van der Waals surface area contributed by atoms with Gasteiger partial charge in [0, 0.05) is 0 Å². The summed E-state index contributed by atoms with van der Waals surface area (Å²) in [7, 11) is 0. The van der Waals surface area contributed by atoms with Gasteiger partial charge in [-0.3, -0.25) is 0 Å². The van der Waals surface area contributed by atoms with Crippen molar-refractivity contribution in [3.63, 3.8) is 0 Å². The Labute approximate surface area is 335 Å². The van der Waals surface area contributed by atoms with Crippen LogP contribution in [0.4, 0.5) is 0 Å². The molecule has 0 aliphatic rings. The lowest BCUT2D eigenvalue weighted by molar-refractivity contribution is 0.293. The molecule has 0 amide bonds. The van der Waals surface area contributed by atoms with Gasteiger partial charge in [0.1, 0.15) is 23.0 Å². The van der Waals surface area contributed by atoms with Crippen molar-refractivity contribution in [3.8, 4) is 45.3 Å². The van der Waals surface area contributed by atoms with Crippen molar-refractivity contribution in [2.45, 2.75) is 149 Å². The third-order valence-electron chi connectivity index (χ3n) is 10.4. The molecule has 300 valence electrons. The summed E-state index contributed by atoms with van der Waals surface area (Å²) in [6.07, 6.45) is 26.8. The van der Waals surface area contributed by atoms with Crippen LogP contribution in [-0.2, 0) is 0 Å². The molecule has 4 rings (SSSR count). The first-order valence-electron chi connectivity index (χ1n) is 22.2. The van der Waals surface area contributed by atoms with E-state index in [0.717, 1.165) is 75.1 Å². The second kappa shape index (κ2) is 28.5. The molecule has 4 heteroatoms. The van der Waals surface area contributed by atoms with Crippen LogP contribution >= 0.6 is 0 Å². The van der Waals surface area contributed by atoms with Crippen LogP contribution in [0.25, 0.3) is 22.3 Å². The first-order chi connectivity index (χ1) is 27.2. The molecule has 4 aromatic rings. The molecule has 0 unspecified atom stereocenters. The summed E-state index contributed by atoms with van der Waals surface area (Å²) < 4.78 is 24.0. The standard InChI is InChI=1S/C51H72O4/c1-3-5-7-9-11-13-16-20-40-52-48-32-24-44(25-33-48)46-28-36-50(37-29-46)54-42-22-18-15-19-23-43-55-51-38-30-47(31-39-51)45-26-34-49(35-27-45)53-41-21-17-14-12-10-8-6-4-2/h24-39H,3-23,40-43H2,1-2H3. The van der Waals surface area contributed by atoms with Gasteiger partial charge in [-0.15, -0.1) is 0 Å². The maximum absolute atomic E-state index is 6.03. The van der Waals surface area contributed by atoms with Crippen molar-refractivity contribution in [2.24, 2.45) is 0 Å². The molecule has 55 heavy (non-hydrogen) atoms. The van der Waals surface area contributed by atoms with Gasteiger partial charge in [-0.25, -0.2) is 0 Å². The topological polar surface area (TPSA) is 36.9 Å². The Hall–Kier alpha value is -3.92. The van der Waals surface area contributed by atoms with Crippen LogP contribution in [-0.4, -0.2) is 26.4 Å². The average molecular weight is 749 g/mol. The molecule has 0 atom stereocenters. The number of unbranched alkanes of at least 4 members (excludes halogenated alkanes) is 18. The molecule has 0 radical (unpaired) electrons. The fourth-order valence-corrected chi connectivity index (χ4v) is 6.94. The zero-order valence-corrected chi connectivity index (χ0v) is 34.5. The Morgan fingerprint density at radius 1 is 0.236 bits per heavy atom. The molecule has 0 spiro atoms. The average Bonchev–Trinajstić information content (AvgIpc) is 3.23. The van der Waals surface area contributed by atoms with Crippen molar-refractivity contribution in [1.82, 2.24) is 0 Å². The van der Waals surface area contributed by atoms with E-state index in [1.807, 2.05) is 0 Å². The lowest BCUT2D eigenvalue weighted by Crippen LogP contribution is -1.99. The number of ether oxygens (including phenoxy) is 4. The van der Waals surface area contributed by atoms with Crippen molar-refractivity contribution in [3.05, 3.63) is 97.1 Å².